The van der Waals surface area contributed by atoms with Gasteiger partial charge in [-0.15, -0.1) is 0 Å². The molecule has 0 bridgehead atoms. The Labute approximate surface area is 119 Å². The van der Waals surface area contributed by atoms with Crippen molar-refractivity contribution in [3.63, 3.8) is 0 Å². The van der Waals surface area contributed by atoms with Gasteiger partial charge in [-0.05, 0) is 38.5 Å². The summed E-state index contributed by atoms with van der Waals surface area (Å²) >= 11 is 0. The highest BCUT2D eigenvalue weighted by atomic mass is 16.5. The molecule has 3 nitrogen and oxygen atoms in total. The number of ether oxygens (including phenoxy) is 1. The van der Waals surface area contributed by atoms with E-state index in [0.29, 0.717) is 12.1 Å². The van der Waals surface area contributed by atoms with Gasteiger partial charge < -0.3 is 10.1 Å². The van der Waals surface area contributed by atoms with Crippen molar-refractivity contribution in [3.05, 3.63) is 0 Å². The number of piperazine rings is 1. The van der Waals surface area contributed by atoms with E-state index >= 15 is 0 Å². The van der Waals surface area contributed by atoms with Gasteiger partial charge in [0.1, 0.15) is 0 Å². The lowest BCUT2D eigenvalue weighted by atomic mass is 9.94. The van der Waals surface area contributed by atoms with Crippen molar-refractivity contribution >= 4 is 0 Å². The highest BCUT2D eigenvalue weighted by Gasteiger charge is 2.34. The van der Waals surface area contributed by atoms with Gasteiger partial charge in [-0.3, -0.25) is 4.90 Å². The van der Waals surface area contributed by atoms with Crippen LogP contribution in [-0.4, -0.2) is 48.8 Å². The maximum atomic E-state index is 5.72. The first-order valence-corrected chi connectivity index (χ1v) is 8.20. The fourth-order valence-corrected chi connectivity index (χ4v) is 3.72. The first kappa shape index (κ1) is 15.3. The molecule has 0 amide bonds. The summed E-state index contributed by atoms with van der Waals surface area (Å²) in [5.74, 6) is 0.783. The second-order valence-corrected chi connectivity index (χ2v) is 6.85. The van der Waals surface area contributed by atoms with Gasteiger partial charge in [0.25, 0.3) is 0 Å². The fourth-order valence-electron chi connectivity index (χ4n) is 3.72. The summed E-state index contributed by atoms with van der Waals surface area (Å²) in [6.45, 7) is 12.5. The van der Waals surface area contributed by atoms with Crippen molar-refractivity contribution in [1.82, 2.24) is 10.2 Å². The van der Waals surface area contributed by atoms with E-state index in [1.807, 2.05) is 0 Å². The normalized spacial score (nSPS) is 37.7. The molecule has 2 rings (SSSR count). The molecule has 3 heteroatoms. The Hall–Kier alpha value is -0.120. The minimum Gasteiger partial charge on any atom is -0.378 e. The Morgan fingerprint density at radius 1 is 1.37 bits per heavy atom. The van der Waals surface area contributed by atoms with Gasteiger partial charge in [-0.1, -0.05) is 20.8 Å². The summed E-state index contributed by atoms with van der Waals surface area (Å²) in [7, 11) is 0. The largest absolute Gasteiger partial charge is 0.378 e. The second kappa shape index (κ2) is 7.05. The molecule has 2 fully saturated rings. The van der Waals surface area contributed by atoms with Crippen molar-refractivity contribution in [2.75, 3.05) is 19.7 Å². The molecule has 4 unspecified atom stereocenters. The van der Waals surface area contributed by atoms with E-state index in [1.165, 1.54) is 38.8 Å². The second-order valence-electron chi connectivity index (χ2n) is 6.85. The first-order chi connectivity index (χ1) is 9.10. The number of hydrogen-bond donors (Lipinski definition) is 1. The minimum atomic E-state index is 0.440. The summed E-state index contributed by atoms with van der Waals surface area (Å²) in [5.41, 5.74) is 0. The molecule has 2 saturated heterocycles. The third-order valence-electron chi connectivity index (χ3n) is 4.70. The van der Waals surface area contributed by atoms with Crippen LogP contribution in [0.5, 0.6) is 0 Å². The number of nitrogens with zero attached hydrogens (tertiary/aromatic N) is 1. The number of nitrogens with one attached hydrogen (secondary N) is 1. The van der Waals surface area contributed by atoms with Crippen LogP contribution in [0.4, 0.5) is 0 Å². The Morgan fingerprint density at radius 2 is 2.16 bits per heavy atom. The fraction of sp³-hybridized carbons (Fsp3) is 1.00. The van der Waals surface area contributed by atoms with Crippen LogP contribution >= 0.6 is 0 Å². The zero-order valence-electron chi connectivity index (χ0n) is 13.2. The summed E-state index contributed by atoms with van der Waals surface area (Å²) in [6, 6.07) is 2.14. The molecule has 0 saturated carbocycles. The van der Waals surface area contributed by atoms with E-state index in [9.17, 15) is 0 Å². The molecule has 0 radical (unpaired) electrons. The van der Waals surface area contributed by atoms with E-state index in [1.54, 1.807) is 0 Å². The summed E-state index contributed by atoms with van der Waals surface area (Å²) in [4.78, 5) is 2.79. The van der Waals surface area contributed by atoms with Crippen LogP contribution in [0, 0.1) is 5.92 Å². The van der Waals surface area contributed by atoms with E-state index < -0.39 is 0 Å². The van der Waals surface area contributed by atoms with E-state index in [-0.39, 0.29) is 0 Å². The maximum absolute atomic E-state index is 5.72. The lowest BCUT2D eigenvalue weighted by Gasteiger charge is -2.47. The average molecular weight is 268 g/mol. The lowest BCUT2D eigenvalue weighted by Crippen LogP contribution is -2.60. The molecule has 2 aliphatic rings. The van der Waals surface area contributed by atoms with Crippen LogP contribution in [0.15, 0.2) is 0 Å². The molecule has 112 valence electrons. The zero-order chi connectivity index (χ0) is 13.8. The Kier molecular flexibility index (Phi) is 5.67. The molecule has 0 spiro atoms. The molecule has 0 aliphatic carbocycles. The highest BCUT2D eigenvalue weighted by Crippen LogP contribution is 2.25. The Bertz CT molecular complexity index is 269. The van der Waals surface area contributed by atoms with Crippen LogP contribution < -0.4 is 5.32 Å². The van der Waals surface area contributed by atoms with Crippen LogP contribution in [0.25, 0.3) is 0 Å². The number of hydrogen-bond acceptors (Lipinski definition) is 3. The number of rotatable bonds is 4. The molecule has 4 atom stereocenters. The van der Waals surface area contributed by atoms with E-state index in [2.05, 4.69) is 37.9 Å². The Morgan fingerprint density at radius 3 is 2.79 bits per heavy atom. The molecule has 0 aromatic heterocycles. The van der Waals surface area contributed by atoms with Crippen molar-refractivity contribution in [2.24, 2.45) is 5.92 Å². The average Bonchev–Trinajstić information content (AvgIpc) is 2.38. The van der Waals surface area contributed by atoms with Crippen LogP contribution in [0.3, 0.4) is 0 Å². The van der Waals surface area contributed by atoms with Gasteiger partial charge in [0.05, 0.1) is 6.10 Å². The molecular formula is C16H32N2O. The zero-order valence-corrected chi connectivity index (χ0v) is 13.2. The van der Waals surface area contributed by atoms with Crippen molar-refractivity contribution < 1.29 is 4.74 Å². The quantitative estimate of drug-likeness (QED) is 0.848. The van der Waals surface area contributed by atoms with Gasteiger partial charge >= 0.3 is 0 Å². The van der Waals surface area contributed by atoms with Gasteiger partial charge in [-0.25, -0.2) is 0 Å². The summed E-state index contributed by atoms with van der Waals surface area (Å²) < 4.78 is 5.72. The highest BCUT2D eigenvalue weighted by molar-refractivity contribution is 4.91. The van der Waals surface area contributed by atoms with Gasteiger partial charge in [-0.2, -0.15) is 0 Å². The predicted molar refractivity (Wildman–Crippen MR) is 80.5 cm³/mol. The van der Waals surface area contributed by atoms with Crippen molar-refractivity contribution in [3.8, 4) is 0 Å². The monoisotopic (exact) mass is 268 g/mol. The third-order valence-corrected chi connectivity index (χ3v) is 4.70. The van der Waals surface area contributed by atoms with Crippen molar-refractivity contribution in [1.29, 1.82) is 0 Å². The molecule has 0 aromatic rings. The SMILES string of the molecule is CCC1CNC(CC(C)C)CN1C1CCOC(C)C1. The summed E-state index contributed by atoms with van der Waals surface area (Å²) in [6.07, 6.45) is 5.42. The third kappa shape index (κ3) is 4.17. The van der Waals surface area contributed by atoms with Gasteiger partial charge in [0.15, 0.2) is 0 Å². The first-order valence-electron chi connectivity index (χ1n) is 8.20. The lowest BCUT2D eigenvalue weighted by molar-refractivity contribution is -0.0391. The molecule has 2 aliphatic heterocycles. The maximum Gasteiger partial charge on any atom is 0.0561 e. The standard InChI is InChI=1S/C16H32N2O/c1-5-15-10-17-14(8-12(2)3)11-18(15)16-6-7-19-13(4)9-16/h12-17H,5-11H2,1-4H3. The molecular weight excluding hydrogens is 236 g/mol. The van der Waals surface area contributed by atoms with E-state index in [0.717, 1.165) is 24.6 Å². The summed E-state index contributed by atoms with van der Waals surface area (Å²) in [5, 5.41) is 3.76. The molecule has 2 heterocycles. The van der Waals surface area contributed by atoms with Crippen LogP contribution in [-0.2, 0) is 4.74 Å². The Balaban J connectivity index is 1.96. The van der Waals surface area contributed by atoms with E-state index in [4.69, 9.17) is 4.74 Å². The minimum absolute atomic E-state index is 0.440. The molecule has 1 N–H and O–H groups in total. The van der Waals surface area contributed by atoms with Gasteiger partial charge in [0.2, 0.25) is 0 Å². The predicted octanol–water partition coefficient (Wildman–Crippen LogP) is 2.65. The molecule has 0 aromatic carbocycles. The topological polar surface area (TPSA) is 24.5 Å². The van der Waals surface area contributed by atoms with Gasteiger partial charge in [0, 0.05) is 37.8 Å². The van der Waals surface area contributed by atoms with Crippen LogP contribution in [0.1, 0.15) is 53.4 Å². The smallest absolute Gasteiger partial charge is 0.0561 e. The van der Waals surface area contributed by atoms with Crippen LogP contribution in [0.2, 0.25) is 0 Å². The molecule has 19 heavy (non-hydrogen) atoms. The van der Waals surface area contributed by atoms with Crippen molar-refractivity contribution in [2.45, 2.75) is 77.6 Å².